The zero-order valence-corrected chi connectivity index (χ0v) is 18.1. The van der Waals surface area contributed by atoms with E-state index in [4.69, 9.17) is 4.74 Å². The SMILES string of the molecule is CC(=O)N1CCc2ccc(OCC(=O)Nc3ccc(C)cc3)cc2[C@H]1c1cccc(F)c1. The number of hydrogen-bond donors (Lipinski definition) is 1. The standard InChI is InChI=1S/C26H25FN2O3/c1-17-6-9-22(10-7-17)28-25(31)16-32-23-11-8-19-12-13-29(18(2)30)26(24(19)15-23)20-4-3-5-21(27)14-20/h3-11,14-15,26H,12-13,16H2,1-2H3,(H,28,31)/t26-/m1/s1. The van der Waals surface area contributed by atoms with E-state index in [0.29, 0.717) is 30.0 Å². The number of carbonyl (C=O) groups is 2. The Hall–Kier alpha value is -3.67. The van der Waals surface area contributed by atoms with Gasteiger partial charge in [0.25, 0.3) is 5.91 Å². The van der Waals surface area contributed by atoms with Crippen molar-refractivity contribution in [2.75, 3.05) is 18.5 Å². The van der Waals surface area contributed by atoms with E-state index in [1.807, 2.05) is 55.5 Å². The van der Waals surface area contributed by atoms with Gasteiger partial charge in [-0.15, -0.1) is 0 Å². The average molecular weight is 432 g/mol. The maximum Gasteiger partial charge on any atom is 0.262 e. The molecule has 0 unspecified atom stereocenters. The average Bonchev–Trinajstić information content (AvgIpc) is 2.78. The quantitative estimate of drug-likeness (QED) is 0.639. The minimum absolute atomic E-state index is 0.0753. The van der Waals surface area contributed by atoms with E-state index < -0.39 is 6.04 Å². The maximum absolute atomic E-state index is 13.9. The monoisotopic (exact) mass is 432 g/mol. The number of hydrogen-bond acceptors (Lipinski definition) is 3. The summed E-state index contributed by atoms with van der Waals surface area (Å²) in [5.41, 5.74) is 4.48. The molecule has 0 fully saturated rings. The van der Waals surface area contributed by atoms with E-state index in [0.717, 1.165) is 16.7 Å². The van der Waals surface area contributed by atoms with Crippen LogP contribution in [0.4, 0.5) is 10.1 Å². The van der Waals surface area contributed by atoms with E-state index in [1.165, 1.54) is 19.1 Å². The van der Waals surface area contributed by atoms with Gasteiger partial charge in [-0.05, 0) is 66.4 Å². The van der Waals surface area contributed by atoms with Gasteiger partial charge in [0.2, 0.25) is 5.91 Å². The smallest absolute Gasteiger partial charge is 0.262 e. The number of rotatable bonds is 5. The second-order valence-corrected chi connectivity index (χ2v) is 7.98. The third kappa shape index (κ3) is 4.80. The van der Waals surface area contributed by atoms with Crippen LogP contribution in [0.2, 0.25) is 0 Å². The van der Waals surface area contributed by atoms with E-state index in [1.54, 1.807) is 11.0 Å². The number of anilines is 1. The molecule has 0 aromatic heterocycles. The first kappa shape index (κ1) is 21.6. The van der Waals surface area contributed by atoms with Crippen molar-refractivity contribution in [1.29, 1.82) is 0 Å². The molecule has 164 valence electrons. The van der Waals surface area contributed by atoms with E-state index >= 15 is 0 Å². The van der Waals surface area contributed by atoms with Gasteiger partial charge in [0.05, 0.1) is 6.04 Å². The second-order valence-electron chi connectivity index (χ2n) is 7.98. The molecule has 5 nitrogen and oxygen atoms in total. The van der Waals surface area contributed by atoms with Crippen molar-refractivity contribution in [3.8, 4) is 5.75 Å². The number of ether oxygens (including phenoxy) is 1. The molecule has 4 rings (SSSR count). The molecule has 0 saturated carbocycles. The zero-order valence-electron chi connectivity index (χ0n) is 18.1. The molecule has 2 amide bonds. The normalized spacial score (nSPS) is 15.1. The second kappa shape index (κ2) is 9.22. The fourth-order valence-electron chi connectivity index (χ4n) is 4.04. The summed E-state index contributed by atoms with van der Waals surface area (Å²) in [5.74, 6) is -0.166. The fraction of sp³-hybridized carbons (Fsp3) is 0.231. The van der Waals surface area contributed by atoms with E-state index in [9.17, 15) is 14.0 Å². The zero-order chi connectivity index (χ0) is 22.7. The highest BCUT2D eigenvalue weighted by atomic mass is 19.1. The van der Waals surface area contributed by atoms with Crippen LogP contribution >= 0.6 is 0 Å². The van der Waals surface area contributed by atoms with E-state index in [-0.39, 0.29) is 24.2 Å². The van der Waals surface area contributed by atoms with Crippen molar-refractivity contribution in [2.24, 2.45) is 0 Å². The van der Waals surface area contributed by atoms with Crippen molar-refractivity contribution in [1.82, 2.24) is 4.90 Å². The molecule has 6 heteroatoms. The molecule has 3 aromatic carbocycles. The first-order chi connectivity index (χ1) is 15.4. The Labute approximate surface area is 186 Å². The summed E-state index contributed by atoms with van der Waals surface area (Å²) < 4.78 is 19.7. The van der Waals surface area contributed by atoms with Gasteiger partial charge in [0.15, 0.2) is 6.61 Å². The summed E-state index contributed by atoms with van der Waals surface area (Å²) in [6.45, 7) is 3.92. The number of carbonyl (C=O) groups excluding carboxylic acids is 2. The number of fused-ring (bicyclic) bond motifs is 1. The van der Waals surface area contributed by atoms with Gasteiger partial charge in [-0.25, -0.2) is 4.39 Å². The predicted octanol–water partition coefficient (Wildman–Crippen LogP) is 4.65. The van der Waals surface area contributed by atoms with Crippen molar-refractivity contribution in [3.05, 3.63) is 94.8 Å². The molecular weight excluding hydrogens is 407 g/mol. The Morgan fingerprint density at radius 1 is 1.09 bits per heavy atom. The first-order valence-corrected chi connectivity index (χ1v) is 10.6. The molecule has 32 heavy (non-hydrogen) atoms. The van der Waals surface area contributed by atoms with Crippen LogP contribution in [0.1, 0.15) is 35.2 Å². The highest BCUT2D eigenvalue weighted by molar-refractivity contribution is 5.91. The van der Waals surface area contributed by atoms with Crippen LogP contribution in [-0.2, 0) is 16.0 Å². The van der Waals surface area contributed by atoms with Gasteiger partial charge in [0.1, 0.15) is 11.6 Å². The molecule has 1 N–H and O–H groups in total. The summed E-state index contributed by atoms with van der Waals surface area (Å²) >= 11 is 0. The highest BCUT2D eigenvalue weighted by Crippen LogP contribution is 2.37. The Kier molecular flexibility index (Phi) is 6.21. The van der Waals surface area contributed by atoms with Gasteiger partial charge in [-0.2, -0.15) is 0 Å². The Morgan fingerprint density at radius 2 is 1.88 bits per heavy atom. The van der Waals surface area contributed by atoms with Gasteiger partial charge < -0.3 is 15.0 Å². The third-order valence-corrected chi connectivity index (χ3v) is 5.62. The molecule has 0 spiro atoms. The van der Waals surface area contributed by atoms with Crippen molar-refractivity contribution in [2.45, 2.75) is 26.3 Å². The number of benzene rings is 3. The van der Waals surface area contributed by atoms with Crippen LogP contribution in [-0.4, -0.2) is 29.9 Å². The summed E-state index contributed by atoms with van der Waals surface area (Å²) in [6, 6.07) is 19.1. The number of amides is 2. The Bertz CT molecular complexity index is 1140. The first-order valence-electron chi connectivity index (χ1n) is 10.6. The summed E-state index contributed by atoms with van der Waals surface area (Å²) in [7, 11) is 0. The number of aryl methyl sites for hydroxylation is 1. The molecule has 0 aliphatic carbocycles. The third-order valence-electron chi connectivity index (χ3n) is 5.62. The highest BCUT2D eigenvalue weighted by Gasteiger charge is 2.31. The Morgan fingerprint density at radius 3 is 2.59 bits per heavy atom. The summed E-state index contributed by atoms with van der Waals surface area (Å²) in [6.07, 6.45) is 0.703. The van der Waals surface area contributed by atoms with Gasteiger partial charge in [-0.1, -0.05) is 35.9 Å². The molecule has 1 atom stereocenters. The lowest BCUT2D eigenvalue weighted by Gasteiger charge is -2.37. The molecule has 0 saturated heterocycles. The molecule has 0 bridgehead atoms. The molecule has 3 aromatic rings. The maximum atomic E-state index is 13.9. The molecule has 0 radical (unpaired) electrons. The van der Waals surface area contributed by atoms with Gasteiger partial charge in [0, 0.05) is 19.2 Å². The number of nitrogens with zero attached hydrogens (tertiary/aromatic N) is 1. The lowest BCUT2D eigenvalue weighted by molar-refractivity contribution is -0.130. The van der Waals surface area contributed by atoms with Crippen LogP contribution in [0.5, 0.6) is 5.75 Å². The number of halogens is 1. The van der Waals surface area contributed by atoms with Crippen molar-refractivity contribution >= 4 is 17.5 Å². The van der Waals surface area contributed by atoms with Crippen LogP contribution in [0, 0.1) is 12.7 Å². The minimum atomic E-state index is -0.406. The Balaban J connectivity index is 1.55. The fourth-order valence-corrected chi connectivity index (χ4v) is 4.04. The summed E-state index contributed by atoms with van der Waals surface area (Å²) in [4.78, 5) is 26.4. The molecule has 1 aliphatic rings. The number of nitrogens with one attached hydrogen (secondary N) is 1. The van der Waals surface area contributed by atoms with Crippen molar-refractivity contribution in [3.63, 3.8) is 0 Å². The minimum Gasteiger partial charge on any atom is -0.484 e. The van der Waals surface area contributed by atoms with Gasteiger partial charge >= 0.3 is 0 Å². The lowest BCUT2D eigenvalue weighted by atomic mass is 9.88. The lowest BCUT2D eigenvalue weighted by Crippen LogP contribution is -2.39. The van der Waals surface area contributed by atoms with Crippen LogP contribution in [0.3, 0.4) is 0 Å². The topological polar surface area (TPSA) is 58.6 Å². The summed E-state index contributed by atoms with van der Waals surface area (Å²) in [5, 5.41) is 2.81. The largest absolute Gasteiger partial charge is 0.484 e. The molecule has 1 aliphatic heterocycles. The van der Waals surface area contributed by atoms with Crippen LogP contribution in [0.15, 0.2) is 66.7 Å². The van der Waals surface area contributed by atoms with Crippen molar-refractivity contribution < 1.29 is 18.7 Å². The molecular formula is C26H25FN2O3. The van der Waals surface area contributed by atoms with Crippen LogP contribution < -0.4 is 10.1 Å². The van der Waals surface area contributed by atoms with Crippen LogP contribution in [0.25, 0.3) is 0 Å². The molecule has 1 heterocycles. The van der Waals surface area contributed by atoms with Gasteiger partial charge in [-0.3, -0.25) is 9.59 Å². The van der Waals surface area contributed by atoms with E-state index in [2.05, 4.69) is 5.32 Å². The predicted molar refractivity (Wildman–Crippen MR) is 121 cm³/mol.